The second kappa shape index (κ2) is 5.95. The van der Waals surface area contributed by atoms with E-state index in [1.54, 1.807) is 33.5 Å². The Morgan fingerprint density at radius 3 is 2.05 bits per heavy atom. The van der Waals surface area contributed by atoms with Crippen LogP contribution in [-0.2, 0) is 6.54 Å². The van der Waals surface area contributed by atoms with Gasteiger partial charge in [0.05, 0.1) is 26.9 Å². The number of nitrogen functional groups attached to an aromatic ring is 1. The van der Waals surface area contributed by atoms with Crippen molar-refractivity contribution < 1.29 is 14.2 Å². The van der Waals surface area contributed by atoms with Crippen LogP contribution in [0.25, 0.3) is 11.3 Å². The highest BCUT2D eigenvalue weighted by atomic mass is 16.5. The number of hydrogen-bond donors (Lipinski definition) is 1. The van der Waals surface area contributed by atoms with Crippen molar-refractivity contribution in [3.8, 4) is 28.5 Å². The molecule has 2 rings (SSSR count). The van der Waals surface area contributed by atoms with E-state index in [2.05, 4.69) is 4.98 Å². The Bertz CT molecular complexity index is 625. The molecule has 0 saturated heterocycles. The number of anilines is 1. The molecule has 2 aromatic rings. The van der Waals surface area contributed by atoms with Crippen LogP contribution in [0.2, 0.25) is 0 Å². The van der Waals surface area contributed by atoms with Crippen LogP contribution in [-0.4, -0.2) is 30.9 Å². The maximum Gasteiger partial charge on any atom is 0.135 e. The summed E-state index contributed by atoms with van der Waals surface area (Å²) in [6, 6.07) is 3.58. The fourth-order valence-corrected chi connectivity index (χ4v) is 2.40. The van der Waals surface area contributed by atoms with Gasteiger partial charge >= 0.3 is 0 Å². The van der Waals surface area contributed by atoms with E-state index in [1.807, 2.05) is 18.4 Å². The van der Waals surface area contributed by atoms with Crippen molar-refractivity contribution in [2.45, 2.75) is 20.4 Å². The monoisotopic (exact) mass is 291 g/mol. The zero-order valence-corrected chi connectivity index (χ0v) is 13.1. The number of aryl methyl sites for hydroxylation is 1. The first kappa shape index (κ1) is 15.0. The van der Waals surface area contributed by atoms with Gasteiger partial charge in [-0.15, -0.1) is 0 Å². The molecule has 0 fully saturated rings. The van der Waals surface area contributed by atoms with Gasteiger partial charge in [0, 0.05) is 18.7 Å². The number of benzene rings is 1. The largest absolute Gasteiger partial charge is 0.496 e. The highest BCUT2D eigenvalue weighted by Crippen LogP contribution is 2.43. The van der Waals surface area contributed by atoms with Gasteiger partial charge in [-0.25, -0.2) is 4.98 Å². The summed E-state index contributed by atoms with van der Waals surface area (Å²) < 4.78 is 18.1. The summed E-state index contributed by atoms with van der Waals surface area (Å²) in [7, 11) is 4.79. The molecule has 0 radical (unpaired) electrons. The molecule has 6 nitrogen and oxygen atoms in total. The number of nitrogens with two attached hydrogens (primary N) is 1. The third-order valence-corrected chi connectivity index (χ3v) is 3.47. The average molecular weight is 291 g/mol. The zero-order valence-electron chi connectivity index (χ0n) is 13.1. The van der Waals surface area contributed by atoms with E-state index >= 15 is 0 Å². The van der Waals surface area contributed by atoms with Crippen LogP contribution < -0.4 is 19.9 Å². The van der Waals surface area contributed by atoms with E-state index in [4.69, 9.17) is 19.9 Å². The van der Waals surface area contributed by atoms with Crippen LogP contribution in [0, 0.1) is 6.92 Å². The van der Waals surface area contributed by atoms with Gasteiger partial charge in [-0.1, -0.05) is 0 Å². The van der Waals surface area contributed by atoms with Gasteiger partial charge < -0.3 is 24.5 Å². The lowest BCUT2D eigenvalue weighted by Crippen LogP contribution is -2.03. The van der Waals surface area contributed by atoms with Crippen molar-refractivity contribution in [2.75, 3.05) is 27.1 Å². The number of imidazole rings is 1. The van der Waals surface area contributed by atoms with E-state index in [-0.39, 0.29) is 0 Å². The Morgan fingerprint density at radius 2 is 1.67 bits per heavy atom. The lowest BCUT2D eigenvalue weighted by Gasteiger charge is -2.14. The predicted molar refractivity (Wildman–Crippen MR) is 82.1 cm³/mol. The minimum atomic E-state index is 0.594. The van der Waals surface area contributed by atoms with Crippen molar-refractivity contribution in [3.05, 3.63) is 18.0 Å². The molecule has 2 N–H and O–H groups in total. The molecule has 0 saturated carbocycles. The molecule has 1 aromatic carbocycles. The topological polar surface area (TPSA) is 71.5 Å². The van der Waals surface area contributed by atoms with Gasteiger partial charge in [0.1, 0.15) is 34.6 Å². The molecule has 0 atom stereocenters. The summed E-state index contributed by atoms with van der Waals surface area (Å²) >= 11 is 0. The first-order valence-corrected chi connectivity index (χ1v) is 6.70. The third kappa shape index (κ3) is 2.49. The number of aromatic nitrogens is 2. The maximum absolute atomic E-state index is 6.22. The third-order valence-electron chi connectivity index (χ3n) is 3.47. The van der Waals surface area contributed by atoms with Crippen molar-refractivity contribution in [1.82, 2.24) is 9.55 Å². The van der Waals surface area contributed by atoms with Gasteiger partial charge in [-0.3, -0.25) is 0 Å². The Hall–Kier alpha value is -2.37. The SMILES string of the molecule is CCn1c(C)nc(-c2c(OC)cc(OC)cc2OC)c1N. The molecule has 114 valence electrons. The molecule has 0 spiro atoms. The van der Waals surface area contributed by atoms with Crippen LogP contribution in [0.3, 0.4) is 0 Å². The molecular weight excluding hydrogens is 270 g/mol. The lowest BCUT2D eigenvalue weighted by atomic mass is 10.1. The predicted octanol–water partition coefficient (Wildman–Crippen LogP) is 2.49. The van der Waals surface area contributed by atoms with Crippen molar-refractivity contribution in [2.24, 2.45) is 0 Å². The van der Waals surface area contributed by atoms with Crippen molar-refractivity contribution in [3.63, 3.8) is 0 Å². The van der Waals surface area contributed by atoms with Crippen molar-refractivity contribution >= 4 is 5.82 Å². The first-order valence-electron chi connectivity index (χ1n) is 6.70. The average Bonchev–Trinajstić information content (AvgIpc) is 2.79. The van der Waals surface area contributed by atoms with Gasteiger partial charge in [0.15, 0.2) is 0 Å². The van der Waals surface area contributed by atoms with E-state index in [9.17, 15) is 0 Å². The van der Waals surface area contributed by atoms with Crippen molar-refractivity contribution in [1.29, 1.82) is 0 Å². The first-order chi connectivity index (χ1) is 10.1. The number of rotatable bonds is 5. The molecule has 0 amide bonds. The van der Waals surface area contributed by atoms with Gasteiger partial charge in [-0.2, -0.15) is 0 Å². The molecule has 0 unspecified atom stereocenters. The summed E-state index contributed by atoms with van der Waals surface area (Å²) in [5, 5.41) is 0. The Labute approximate surface area is 124 Å². The molecule has 0 aliphatic carbocycles. The van der Waals surface area contributed by atoms with Gasteiger partial charge in [0.25, 0.3) is 0 Å². The molecule has 1 heterocycles. The van der Waals surface area contributed by atoms with Crippen LogP contribution in [0.15, 0.2) is 12.1 Å². The standard InChI is InChI=1S/C15H21N3O3/c1-6-18-9(2)17-14(15(18)16)13-11(20-4)7-10(19-3)8-12(13)21-5/h7-8H,6,16H2,1-5H3. The molecule has 0 aliphatic rings. The van der Waals surface area contributed by atoms with E-state index < -0.39 is 0 Å². The number of ether oxygens (including phenoxy) is 3. The minimum absolute atomic E-state index is 0.594. The van der Waals surface area contributed by atoms with Crippen LogP contribution in [0.4, 0.5) is 5.82 Å². The number of nitrogens with zero attached hydrogens (tertiary/aromatic N) is 2. The molecule has 6 heteroatoms. The molecule has 21 heavy (non-hydrogen) atoms. The highest BCUT2D eigenvalue weighted by molar-refractivity contribution is 5.82. The highest BCUT2D eigenvalue weighted by Gasteiger charge is 2.22. The second-order valence-electron chi connectivity index (χ2n) is 4.54. The fourth-order valence-electron chi connectivity index (χ4n) is 2.40. The summed E-state index contributed by atoms with van der Waals surface area (Å²) in [6.07, 6.45) is 0. The number of hydrogen-bond acceptors (Lipinski definition) is 5. The van der Waals surface area contributed by atoms with E-state index in [0.29, 0.717) is 28.8 Å². The summed E-state index contributed by atoms with van der Waals surface area (Å²) in [4.78, 5) is 4.56. The van der Waals surface area contributed by atoms with Gasteiger partial charge in [0.2, 0.25) is 0 Å². The molecular formula is C15H21N3O3. The summed E-state index contributed by atoms with van der Waals surface area (Å²) in [5.74, 6) is 3.32. The molecule has 1 aromatic heterocycles. The van der Waals surface area contributed by atoms with Crippen LogP contribution in [0.5, 0.6) is 17.2 Å². The van der Waals surface area contributed by atoms with Crippen LogP contribution >= 0.6 is 0 Å². The van der Waals surface area contributed by atoms with E-state index in [1.165, 1.54) is 0 Å². The fraction of sp³-hybridized carbons (Fsp3) is 0.400. The van der Waals surface area contributed by atoms with Crippen LogP contribution in [0.1, 0.15) is 12.7 Å². The lowest BCUT2D eigenvalue weighted by molar-refractivity contribution is 0.377. The maximum atomic E-state index is 6.22. The summed E-state index contributed by atoms with van der Waals surface area (Å²) in [5.41, 5.74) is 7.61. The van der Waals surface area contributed by atoms with Gasteiger partial charge in [-0.05, 0) is 13.8 Å². The second-order valence-corrected chi connectivity index (χ2v) is 4.54. The number of methoxy groups -OCH3 is 3. The Balaban J connectivity index is 2.73. The quantitative estimate of drug-likeness (QED) is 0.916. The summed E-state index contributed by atoms with van der Waals surface area (Å²) in [6.45, 7) is 4.70. The normalized spacial score (nSPS) is 10.5. The molecule has 0 bridgehead atoms. The Morgan fingerprint density at radius 1 is 1.10 bits per heavy atom. The Kier molecular flexibility index (Phi) is 4.26. The van der Waals surface area contributed by atoms with E-state index in [0.717, 1.165) is 17.9 Å². The minimum Gasteiger partial charge on any atom is -0.496 e. The molecule has 0 aliphatic heterocycles. The smallest absolute Gasteiger partial charge is 0.135 e. The zero-order chi connectivity index (χ0) is 15.6.